The Hall–Kier alpha value is -1.86. The molecule has 2 saturated heterocycles. The van der Waals surface area contributed by atoms with Gasteiger partial charge in [-0.15, -0.1) is 0 Å². The van der Waals surface area contributed by atoms with Gasteiger partial charge in [0.05, 0.1) is 13.2 Å². The predicted molar refractivity (Wildman–Crippen MR) is 124 cm³/mol. The molecule has 2 aromatic carbocycles. The van der Waals surface area contributed by atoms with Gasteiger partial charge < -0.3 is 10.1 Å². The van der Waals surface area contributed by atoms with Crippen molar-refractivity contribution in [3.63, 3.8) is 0 Å². The maximum absolute atomic E-state index is 13.0. The zero-order chi connectivity index (χ0) is 20.8. The molecule has 0 aliphatic carbocycles. The number of nitrogens with zero attached hydrogens (tertiary/aromatic N) is 2. The van der Waals surface area contributed by atoms with Crippen LogP contribution in [0.1, 0.15) is 27.0 Å². The van der Waals surface area contributed by atoms with Gasteiger partial charge in [-0.25, -0.2) is 0 Å². The number of thioether (sulfide) groups is 1. The fraction of sp³-hybridized carbons (Fsp3) is 0.458. The highest BCUT2D eigenvalue weighted by molar-refractivity contribution is 7.99. The van der Waals surface area contributed by atoms with Gasteiger partial charge in [0.15, 0.2) is 0 Å². The third-order valence-corrected chi connectivity index (χ3v) is 6.83. The molecule has 0 spiro atoms. The molecule has 0 bridgehead atoms. The number of amides is 1. The molecule has 2 aliphatic heterocycles. The van der Waals surface area contributed by atoms with Crippen LogP contribution in [0, 0.1) is 6.92 Å². The number of ether oxygens (including phenoxy) is 1. The molecule has 2 aliphatic rings. The molecule has 2 fully saturated rings. The Balaban J connectivity index is 1.42. The summed E-state index contributed by atoms with van der Waals surface area (Å²) in [5, 5.41) is 3.14. The molecule has 0 atom stereocenters. The van der Waals surface area contributed by atoms with Crippen molar-refractivity contribution in [2.75, 3.05) is 56.2 Å². The summed E-state index contributed by atoms with van der Waals surface area (Å²) in [5.41, 5.74) is 5.23. The van der Waals surface area contributed by atoms with E-state index in [1.54, 1.807) is 0 Å². The number of hydrogen-bond donors (Lipinski definition) is 1. The van der Waals surface area contributed by atoms with Crippen LogP contribution >= 0.6 is 11.8 Å². The molecule has 5 nitrogen and oxygen atoms in total. The van der Waals surface area contributed by atoms with Gasteiger partial charge in [0.1, 0.15) is 0 Å². The lowest BCUT2D eigenvalue weighted by molar-refractivity contribution is 0.0342. The predicted octanol–water partition coefficient (Wildman–Crippen LogP) is 3.63. The van der Waals surface area contributed by atoms with E-state index < -0.39 is 0 Å². The normalized spacial score (nSPS) is 18.3. The molecule has 160 valence electrons. The minimum absolute atomic E-state index is 0.0477. The molecule has 1 N–H and O–H groups in total. The Kier molecular flexibility index (Phi) is 7.44. The monoisotopic (exact) mass is 425 g/mol. The molecule has 0 saturated carbocycles. The molecule has 4 rings (SSSR count). The summed E-state index contributed by atoms with van der Waals surface area (Å²) in [6.07, 6.45) is 0. The van der Waals surface area contributed by atoms with Crippen molar-refractivity contribution in [1.82, 2.24) is 9.80 Å². The van der Waals surface area contributed by atoms with Gasteiger partial charge in [-0.3, -0.25) is 14.6 Å². The van der Waals surface area contributed by atoms with Gasteiger partial charge in [-0.1, -0.05) is 24.3 Å². The maximum Gasteiger partial charge on any atom is 0.255 e. The fourth-order valence-electron chi connectivity index (χ4n) is 4.01. The molecule has 1 amide bonds. The van der Waals surface area contributed by atoms with Crippen molar-refractivity contribution in [3.8, 4) is 0 Å². The van der Waals surface area contributed by atoms with Gasteiger partial charge in [0, 0.05) is 62.0 Å². The van der Waals surface area contributed by atoms with Crippen LogP contribution in [-0.2, 0) is 17.8 Å². The first kappa shape index (κ1) is 21.4. The van der Waals surface area contributed by atoms with E-state index in [0.717, 1.165) is 69.3 Å². The average molecular weight is 426 g/mol. The fourth-order valence-corrected chi connectivity index (χ4v) is 4.99. The molecule has 2 heterocycles. The topological polar surface area (TPSA) is 44.8 Å². The highest BCUT2D eigenvalue weighted by Gasteiger charge is 2.15. The lowest BCUT2D eigenvalue weighted by Gasteiger charge is -2.27. The summed E-state index contributed by atoms with van der Waals surface area (Å²) in [4.78, 5) is 17.8. The average Bonchev–Trinajstić information content (AvgIpc) is 2.78. The standard InChI is InChI=1S/C24H31N3O2S/c1-19-22(18-27-10-14-30-15-11-27)6-3-7-23(19)25-24(28)21-5-2-4-20(16-21)17-26-8-12-29-13-9-26/h2-7,16H,8-15,17-18H2,1H3,(H,25,28). The minimum Gasteiger partial charge on any atom is -0.379 e. The third-order valence-electron chi connectivity index (χ3n) is 5.89. The zero-order valence-electron chi connectivity index (χ0n) is 17.7. The summed E-state index contributed by atoms with van der Waals surface area (Å²) in [6.45, 7) is 9.64. The molecular formula is C24H31N3O2S. The smallest absolute Gasteiger partial charge is 0.255 e. The van der Waals surface area contributed by atoms with Crippen LogP contribution in [0.4, 0.5) is 5.69 Å². The SMILES string of the molecule is Cc1c(CN2CCSCC2)cccc1NC(=O)c1cccc(CN2CCOCC2)c1. The van der Waals surface area contributed by atoms with E-state index in [1.165, 1.54) is 17.1 Å². The van der Waals surface area contributed by atoms with Crippen LogP contribution in [0.3, 0.4) is 0 Å². The number of morpholine rings is 1. The Labute approximate surface area is 183 Å². The first-order valence-corrected chi connectivity index (χ1v) is 11.9. The number of anilines is 1. The Morgan fingerprint density at radius 2 is 1.73 bits per heavy atom. The second-order valence-electron chi connectivity index (χ2n) is 8.02. The minimum atomic E-state index is -0.0477. The number of nitrogens with one attached hydrogen (secondary N) is 1. The molecule has 2 aromatic rings. The van der Waals surface area contributed by atoms with Gasteiger partial charge in [-0.2, -0.15) is 11.8 Å². The van der Waals surface area contributed by atoms with Gasteiger partial charge in [-0.05, 0) is 41.8 Å². The van der Waals surface area contributed by atoms with E-state index in [-0.39, 0.29) is 5.91 Å². The number of hydrogen-bond acceptors (Lipinski definition) is 5. The Bertz CT molecular complexity index is 861. The van der Waals surface area contributed by atoms with Crippen LogP contribution < -0.4 is 5.32 Å². The molecular weight excluding hydrogens is 394 g/mol. The lowest BCUT2D eigenvalue weighted by atomic mass is 10.0. The van der Waals surface area contributed by atoms with Crippen LogP contribution in [0.25, 0.3) is 0 Å². The second kappa shape index (κ2) is 10.4. The molecule has 30 heavy (non-hydrogen) atoms. The Morgan fingerprint density at radius 1 is 1.00 bits per heavy atom. The van der Waals surface area contributed by atoms with Gasteiger partial charge in [0.2, 0.25) is 0 Å². The van der Waals surface area contributed by atoms with E-state index in [1.807, 2.05) is 42.1 Å². The van der Waals surface area contributed by atoms with Crippen molar-refractivity contribution >= 4 is 23.4 Å². The summed E-state index contributed by atoms with van der Waals surface area (Å²) < 4.78 is 5.42. The first-order valence-electron chi connectivity index (χ1n) is 10.8. The number of rotatable bonds is 6. The van der Waals surface area contributed by atoms with Crippen LogP contribution in [0.2, 0.25) is 0 Å². The summed E-state index contributed by atoms with van der Waals surface area (Å²) >= 11 is 2.03. The summed E-state index contributed by atoms with van der Waals surface area (Å²) in [5.74, 6) is 2.36. The highest BCUT2D eigenvalue weighted by atomic mass is 32.2. The quantitative estimate of drug-likeness (QED) is 0.766. The van der Waals surface area contributed by atoms with Crippen molar-refractivity contribution < 1.29 is 9.53 Å². The van der Waals surface area contributed by atoms with Crippen molar-refractivity contribution in [3.05, 3.63) is 64.7 Å². The third kappa shape index (κ3) is 5.64. The van der Waals surface area contributed by atoms with Crippen LogP contribution in [0.5, 0.6) is 0 Å². The van der Waals surface area contributed by atoms with Crippen molar-refractivity contribution in [2.24, 2.45) is 0 Å². The largest absolute Gasteiger partial charge is 0.379 e. The number of carbonyl (C=O) groups is 1. The Morgan fingerprint density at radius 3 is 2.53 bits per heavy atom. The maximum atomic E-state index is 13.0. The van der Waals surface area contributed by atoms with E-state index in [9.17, 15) is 4.79 Å². The number of benzene rings is 2. The molecule has 0 unspecified atom stereocenters. The summed E-state index contributed by atoms with van der Waals surface area (Å²) in [7, 11) is 0. The summed E-state index contributed by atoms with van der Waals surface area (Å²) in [6, 6.07) is 14.2. The van der Waals surface area contributed by atoms with E-state index >= 15 is 0 Å². The van der Waals surface area contributed by atoms with Crippen LogP contribution in [-0.4, -0.2) is 66.6 Å². The molecule has 6 heteroatoms. The first-order chi connectivity index (χ1) is 14.7. The van der Waals surface area contributed by atoms with E-state index in [0.29, 0.717) is 5.56 Å². The second-order valence-corrected chi connectivity index (χ2v) is 9.25. The number of carbonyl (C=O) groups excluding carboxylic acids is 1. The van der Waals surface area contributed by atoms with E-state index in [4.69, 9.17) is 4.74 Å². The molecule has 0 aromatic heterocycles. The highest BCUT2D eigenvalue weighted by Crippen LogP contribution is 2.23. The van der Waals surface area contributed by atoms with Crippen LogP contribution in [0.15, 0.2) is 42.5 Å². The van der Waals surface area contributed by atoms with E-state index in [2.05, 4.69) is 34.2 Å². The zero-order valence-corrected chi connectivity index (χ0v) is 18.5. The van der Waals surface area contributed by atoms with Gasteiger partial charge in [0.25, 0.3) is 5.91 Å². The van der Waals surface area contributed by atoms with Crippen molar-refractivity contribution in [1.29, 1.82) is 0 Å². The van der Waals surface area contributed by atoms with Crippen molar-refractivity contribution in [2.45, 2.75) is 20.0 Å². The lowest BCUT2D eigenvalue weighted by Crippen LogP contribution is -2.35. The van der Waals surface area contributed by atoms with Gasteiger partial charge >= 0.3 is 0 Å². The molecule has 0 radical (unpaired) electrons.